The van der Waals surface area contributed by atoms with Gasteiger partial charge in [0.05, 0.1) is 11.6 Å². The van der Waals surface area contributed by atoms with Crippen molar-refractivity contribution < 1.29 is 22.7 Å². The zero-order chi connectivity index (χ0) is 17.1. The van der Waals surface area contributed by atoms with Crippen LogP contribution in [0, 0.1) is 0 Å². The fraction of sp³-hybridized carbons (Fsp3) is 0.562. The van der Waals surface area contributed by atoms with Gasteiger partial charge in [0.25, 0.3) is 5.91 Å². The Morgan fingerprint density at radius 1 is 1.25 bits per heavy atom. The monoisotopic (exact) mass is 366 g/mol. The summed E-state index contributed by atoms with van der Waals surface area (Å²) in [6.07, 6.45) is -3.23. The summed E-state index contributed by atoms with van der Waals surface area (Å²) in [5, 5.41) is 6.01. The highest BCUT2D eigenvalue weighted by molar-refractivity contribution is 5.86. The Labute approximate surface area is 145 Å². The zero-order valence-electron chi connectivity index (χ0n) is 13.6. The molecular formula is C16H22ClF3N2O2. The van der Waals surface area contributed by atoms with Crippen molar-refractivity contribution in [2.24, 2.45) is 0 Å². The molecule has 136 valence electrons. The van der Waals surface area contributed by atoms with E-state index >= 15 is 0 Å². The summed E-state index contributed by atoms with van der Waals surface area (Å²) in [6, 6.07) is 4.42. The lowest BCUT2D eigenvalue weighted by Gasteiger charge is -2.35. The minimum atomic E-state index is -4.36. The van der Waals surface area contributed by atoms with Gasteiger partial charge >= 0.3 is 6.18 Å². The number of hydrogen-bond acceptors (Lipinski definition) is 3. The van der Waals surface area contributed by atoms with E-state index in [-0.39, 0.29) is 18.3 Å². The van der Waals surface area contributed by atoms with Crippen molar-refractivity contribution in [1.29, 1.82) is 0 Å². The molecule has 1 amide bonds. The van der Waals surface area contributed by atoms with Crippen LogP contribution >= 0.6 is 12.4 Å². The number of rotatable bonds is 4. The van der Waals surface area contributed by atoms with E-state index in [4.69, 9.17) is 4.74 Å². The van der Waals surface area contributed by atoms with E-state index in [1.165, 1.54) is 19.2 Å². The molecule has 0 aliphatic carbocycles. The predicted molar refractivity (Wildman–Crippen MR) is 87.1 cm³/mol. The second kappa shape index (κ2) is 8.18. The molecule has 8 heteroatoms. The van der Waals surface area contributed by atoms with Gasteiger partial charge in [-0.15, -0.1) is 12.4 Å². The molecule has 2 N–H and O–H groups in total. The third-order valence-corrected chi connectivity index (χ3v) is 4.30. The number of methoxy groups -OCH3 is 1. The molecule has 1 atom stereocenters. The first kappa shape index (κ1) is 20.7. The quantitative estimate of drug-likeness (QED) is 0.861. The van der Waals surface area contributed by atoms with E-state index in [1.54, 1.807) is 6.92 Å². The summed E-state index contributed by atoms with van der Waals surface area (Å²) in [6.45, 7) is 3.12. The summed E-state index contributed by atoms with van der Waals surface area (Å²) >= 11 is 0. The molecule has 2 rings (SSSR count). The first-order valence-electron chi connectivity index (χ1n) is 7.52. The van der Waals surface area contributed by atoms with Gasteiger partial charge in [-0.3, -0.25) is 4.79 Å². The van der Waals surface area contributed by atoms with Crippen LogP contribution in [-0.2, 0) is 15.7 Å². The second-order valence-electron chi connectivity index (χ2n) is 5.76. The SMILES string of the molecule is COC1(C(=O)NC(C)c2ccc(C(F)(F)F)cc2)CCNCC1.Cl. The predicted octanol–water partition coefficient (Wildman–Crippen LogP) is 3.07. The van der Waals surface area contributed by atoms with Crippen LogP contribution in [0.2, 0.25) is 0 Å². The van der Waals surface area contributed by atoms with E-state index in [9.17, 15) is 18.0 Å². The topological polar surface area (TPSA) is 50.4 Å². The fourth-order valence-corrected chi connectivity index (χ4v) is 2.73. The van der Waals surface area contributed by atoms with E-state index in [2.05, 4.69) is 10.6 Å². The van der Waals surface area contributed by atoms with Crippen LogP contribution < -0.4 is 10.6 Å². The largest absolute Gasteiger partial charge is 0.416 e. The molecule has 0 saturated carbocycles. The molecular weight excluding hydrogens is 345 g/mol. The maximum atomic E-state index is 12.6. The lowest BCUT2D eigenvalue weighted by Crippen LogP contribution is -2.54. The average Bonchev–Trinajstić information content (AvgIpc) is 2.54. The molecule has 0 bridgehead atoms. The van der Waals surface area contributed by atoms with E-state index in [0.717, 1.165) is 12.1 Å². The molecule has 1 fully saturated rings. The molecule has 1 saturated heterocycles. The van der Waals surface area contributed by atoms with Gasteiger partial charge in [0, 0.05) is 7.11 Å². The van der Waals surface area contributed by atoms with Gasteiger partial charge < -0.3 is 15.4 Å². The minimum Gasteiger partial charge on any atom is -0.368 e. The van der Waals surface area contributed by atoms with Crippen molar-refractivity contribution >= 4 is 18.3 Å². The highest BCUT2D eigenvalue weighted by Gasteiger charge is 2.40. The smallest absolute Gasteiger partial charge is 0.368 e. The van der Waals surface area contributed by atoms with E-state index in [0.29, 0.717) is 31.5 Å². The van der Waals surface area contributed by atoms with Crippen molar-refractivity contribution in [2.45, 2.75) is 37.6 Å². The molecule has 1 aliphatic rings. The van der Waals surface area contributed by atoms with Gasteiger partial charge in [0.2, 0.25) is 0 Å². The number of halogens is 4. The molecule has 0 spiro atoms. The van der Waals surface area contributed by atoms with Crippen molar-refractivity contribution in [3.05, 3.63) is 35.4 Å². The number of alkyl halides is 3. The second-order valence-corrected chi connectivity index (χ2v) is 5.76. The number of ether oxygens (including phenoxy) is 1. The molecule has 24 heavy (non-hydrogen) atoms. The van der Waals surface area contributed by atoms with E-state index < -0.39 is 23.4 Å². The van der Waals surface area contributed by atoms with Gasteiger partial charge in [-0.1, -0.05) is 12.1 Å². The van der Waals surface area contributed by atoms with Crippen LogP contribution in [0.1, 0.15) is 36.9 Å². The van der Waals surface area contributed by atoms with Crippen LogP contribution in [0.25, 0.3) is 0 Å². The average molecular weight is 367 g/mol. The van der Waals surface area contributed by atoms with E-state index in [1.807, 2.05) is 0 Å². The first-order valence-corrected chi connectivity index (χ1v) is 7.52. The van der Waals surface area contributed by atoms with Gasteiger partial charge in [-0.2, -0.15) is 13.2 Å². The third-order valence-electron chi connectivity index (χ3n) is 4.30. The number of benzene rings is 1. The Kier molecular flexibility index (Phi) is 7.07. The standard InChI is InChI=1S/C16H21F3N2O2.ClH/c1-11(12-3-5-13(6-4-12)16(17,18)19)21-14(22)15(23-2)7-9-20-10-8-15;/h3-6,11,20H,7-10H2,1-2H3,(H,21,22);1H. The Morgan fingerprint density at radius 2 is 1.79 bits per heavy atom. The summed E-state index contributed by atoms with van der Waals surface area (Å²) < 4.78 is 43.2. The third kappa shape index (κ3) is 4.62. The fourth-order valence-electron chi connectivity index (χ4n) is 2.73. The molecule has 1 aromatic rings. The van der Waals surface area contributed by atoms with Crippen LogP contribution in [0.15, 0.2) is 24.3 Å². The summed E-state index contributed by atoms with van der Waals surface area (Å²) in [4.78, 5) is 12.5. The number of carbonyl (C=O) groups is 1. The molecule has 0 aromatic heterocycles. The number of carbonyl (C=O) groups excluding carboxylic acids is 1. The Morgan fingerprint density at radius 3 is 2.25 bits per heavy atom. The molecule has 1 aliphatic heterocycles. The number of amides is 1. The first-order chi connectivity index (χ1) is 10.8. The van der Waals surface area contributed by atoms with Crippen LogP contribution in [-0.4, -0.2) is 31.7 Å². The van der Waals surface area contributed by atoms with Gasteiger partial charge in [-0.25, -0.2) is 0 Å². The lowest BCUT2D eigenvalue weighted by molar-refractivity contribution is -0.147. The lowest BCUT2D eigenvalue weighted by atomic mass is 9.90. The summed E-state index contributed by atoms with van der Waals surface area (Å²) in [5.74, 6) is -0.228. The van der Waals surface area contributed by atoms with Crippen molar-refractivity contribution in [3.63, 3.8) is 0 Å². The Hall–Kier alpha value is -1.31. The zero-order valence-corrected chi connectivity index (χ0v) is 14.4. The van der Waals surface area contributed by atoms with Gasteiger partial charge in [0.15, 0.2) is 0 Å². The molecule has 4 nitrogen and oxygen atoms in total. The Bertz CT molecular complexity index is 543. The molecule has 1 aromatic carbocycles. The highest BCUT2D eigenvalue weighted by Crippen LogP contribution is 2.30. The molecule has 0 radical (unpaired) electrons. The Balaban J connectivity index is 0.00000288. The number of nitrogens with one attached hydrogen (secondary N) is 2. The number of piperidine rings is 1. The van der Waals surface area contributed by atoms with Crippen LogP contribution in [0.4, 0.5) is 13.2 Å². The van der Waals surface area contributed by atoms with Crippen LogP contribution in [0.3, 0.4) is 0 Å². The van der Waals surface area contributed by atoms with Crippen molar-refractivity contribution in [1.82, 2.24) is 10.6 Å². The molecule has 1 heterocycles. The van der Waals surface area contributed by atoms with Gasteiger partial charge in [-0.05, 0) is 50.6 Å². The molecule has 1 unspecified atom stereocenters. The van der Waals surface area contributed by atoms with Crippen LogP contribution in [0.5, 0.6) is 0 Å². The summed E-state index contributed by atoms with van der Waals surface area (Å²) in [5.41, 5.74) is -0.955. The normalized spacial score (nSPS) is 18.4. The highest BCUT2D eigenvalue weighted by atomic mass is 35.5. The van der Waals surface area contributed by atoms with Gasteiger partial charge in [0.1, 0.15) is 5.60 Å². The van der Waals surface area contributed by atoms with Crippen molar-refractivity contribution in [3.8, 4) is 0 Å². The maximum absolute atomic E-state index is 12.6. The minimum absolute atomic E-state index is 0. The number of hydrogen-bond donors (Lipinski definition) is 2. The van der Waals surface area contributed by atoms with Crippen molar-refractivity contribution in [2.75, 3.05) is 20.2 Å². The maximum Gasteiger partial charge on any atom is 0.416 e. The summed E-state index contributed by atoms with van der Waals surface area (Å²) in [7, 11) is 1.51.